The van der Waals surface area contributed by atoms with Gasteiger partial charge in [0.05, 0.1) is 18.9 Å². The molecule has 0 aliphatic carbocycles. The van der Waals surface area contributed by atoms with Crippen LogP contribution < -0.4 is 10.1 Å². The number of hydrogen-bond acceptors (Lipinski definition) is 6. The Morgan fingerprint density at radius 3 is 2.64 bits per heavy atom. The van der Waals surface area contributed by atoms with E-state index in [1.54, 1.807) is 38.3 Å². The highest BCUT2D eigenvalue weighted by Gasteiger charge is 2.16. The maximum absolute atomic E-state index is 13.8. The first-order valence-corrected chi connectivity index (χ1v) is 9.30. The van der Waals surface area contributed by atoms with E-state index in [1.165, 1.54) is 6.07 Å². The Labute approximate surface area is 164 Å². The number of amides is 1. The Kier molecular flexibility index (Phi) is 6.25. The number of aromatic nitrogens is 2. The van der Waals surface area contributed by atoms with E-state index in [4.69, 9.17) is 9.15 Å². The molecule has 0 saturated heterocycles. The number of benzene rings is 2. The van der Waals surface area contributed by atoms with Crippen molar-refractivity contribution in [3.8, 4) is 17.2 Å². The highest BCUT2D eigenvalue weighted by Crippen LogP contribution is 2.25. The van der Waals surface area contributed by atoms with Crippen molar-refractivity contribution in [1.29, 1.82) is 0 Å². The summed E-state index contributed by atoms with van der Waals surface area (Å²) in [5, 5.41) is 10.7. The second-order valence-corrected chi connectivity index (χ2v) is 6.77. The zero-order valence-corrected chi connectivity index (χ0v) is 15.9. The van der Waals surface area contributed by atoms with Crippen molar-refractivity contribution >= 4 is 17.7 Å². The summed E-state index contributed by atoms with van der Waals surface area (Å²) in [6.07, 6.45) is 0. The second kappa shape index (κ2) is 8.83. The molecule has 1 amide bonds. The predicted octanol–water partition coefficient (Wildman–Crippen LogP) is 3.99. The molecule has 0 spiro atoms. The number of methoxy groups -OCH3 is 1. The first kappa shape index (κ1) is 19.8. The summed E-state index contributed by atoms with van der Waals surface area (Å²) >= 11 is 1.06. The fraction of sp³-hybridized carbons (Fsp3) is 0.211. The molecule has 28 heavy (non-hydrogen) atoms. The van der Waals surface area contributed by atoms with E-state index in [0.717, 1.165) is 29.5 Å². The van der Waals surface area contributed by atoms with Crippen LogP contribution in [0, 0.1) is 11.6 Å². The fourth-order valence-electron chi connectivity index (χ4n) is 2.46. The lowest BCUT2D eigenvalue weighted by atomic mass is 10.1. The van der Waals surface area contributed by atoms with Crippen molar-refractivity contribution in [3.63, 3.8) is 0 Å². The van der Waals surface area contributed by atoms with E-state index in [1.807, 2.05) is 0 Å². The molecule has 1 N–H and O–H groups in total. The van der Waals surface area contributed by atoms with Crippen molar-refractivity contribution < 1.29 is 22.7 Å². The van der Waals surface area contributed by atoms with Crippen LogP contribution in [-0.4, -0.2) is 29.0 Å². The van der Waals surface area contributed by atoms with Crippen molar-refractivity contribution in [2.45, 2.75) is 18.2 Å². The average Bonchev–Trinajstić information content (AvgIpc) is 3.15. The van der Waals surface area contributed by atoms with Gasteiger partial charge in [0.2, 0.25) is 11.8 Å². The number of nitrogens with zero attached hydrogens (tertiary/aromatic N) is 2. The normalized spacial score (nSPS) is 11.9. The summed E-state index contributed by atoms with van der Waals surface area (Å²) in [4.78, 5) is 12.1. The molecule has 0 saturated carbocycles. The Hall–Kier alpha value is -2.94. The molecule has 9 heteroatoms. The SMILES string of the molecule is COc1ccc(-c2nnc(SCC(=O)NC(C)c3ccc(F)cc3F)o2)cc1. The van der Waals surface area contributed by atoms with Crippen LogP contribution in [0.4, 0.5) is 8.78 Å². The number of hydrogen-bond donors (Lipinski definition) is 1. The molecular weight excluding hydrogens is 388 g/mol. The fourth-order valence-corrected chi connectivity index (χ4v) is 3.03. The van der Waals surface area contributed by atoms with E-state index in [9.17, 15) is 13.6 Å². The van der Waals surface area contributed by atoms with Crippen LogP contribution in [0.1, 0.15) is 18.5 Å². The quantitative estimate of drug-likeness (QED) is 0.599. The van der Waals surface area contributed by atoms with Crippen molar-refractivity contribution in [2.75, 3.05) is 12.9 Å². The van der Waals surface area contributed by atoms with E-state index in [0.29, 0.717) is 11.6 Å². The molecule has 1 heterocycles. The molecule has 0 bridgehead atoms. The highest BCUT2D eigenvalue weighted by molar-refractivity contribution is 7.99. The number of halogens is 2. The molecule has 146 valence electrons. The van der Waals surface area contributed by atoms with Crippen LogP contribution in [0.3, 0.4) is 0 Å². The molecule has 1 atom stereocenters. The summed E-state index contributed by atoms with van der Waals surface area (Å²) in [6.45, 7) is 1.62. The standard InChI is InChI=1S/C19H17F2N3O3S/c1-11(15-8-5-13(20)9-16(15)21)22-17(25)10-28-19-24-23-18(27-19)12-3-6-14(26-2)7-4-12/h3-9,11H,10H2,1-2H3,(H,22,25). The van der Waals surface area contributed by atoms with Crippen molar-refractivity contribution in [3.05, 3.63) is 59.7 Å². The number of rotatable bonds is 7. The van der Waals surface area contributed by atoms with Gasteiger partial charge in [0.15, 0.2) is 0 Å². The third kappa shape index (κ3) is 4.86. The molecule has 3 rings (SSSR count). The summed E-state index contributed by atoms with van der Waals surface area (Å²) in [6, 6.07) is 9.75. The molecule has 0 radical (unpaired) electrons. The second-order valence-electron chi connectivity index (χ2n) is 5.85. The summed E-state index contributed by atoms with van der Waals surface area (Å²) in [5.41, 5.74) is 0.935. The summed E-state index contributed by atoms with van der Waals surface area (Å²) < 4.78 is 37.4. The number of nitrogens with one attached hydrogen (secondary N) is 1. The number of ether oxygens (including phenoxy) is 1. The van der Waals surface area contributed by atoms with Gasteiger partial charge in [0.25, 0.3) is 5.22 Å². The Morgan fingerprint density at radius 1 is 1.21 bits per heavy atom. The number of thioether (sulfide) groups is 1. The molecule has 0 fully saturated rings. The van der Waals surface area contributed by atoms with Crippen LogP contribution in [-0.2, 0) is 4.79 Å². The van der Waals surface area contributed by atoms with E-state index in [-0.39, 0.29) is 22.4 Å². The van der Waals surface area contributed by atoms with Gasteiger partial charge in [-0.3, -0.25) is 4.79 Å². The smallest absolute Gasteiger partial charge is 0.277 e. The lowest BCUT2D eigenvalue weighted by Gasteiger charge is -2.14. The van der Waals surface area contributed by atoms with Crippen LogP contribution >= 0.6 is 11.8 Å². The third-order valence-electron chi connectivity index (χ3n) is 3.88. The van der Waals surface area contributed by atoms with E-state index < -0.39 is 17.7 Å². The minimum Gasteiger partial charge on any atom is -0.497 e. The maximum Gasteiger partial charge on any atom is 0.277 e. The van der Waals surface area contributed by atoms with Gasteiger partial charge in [0, 0.05) is 17.2 Å². The molecule has 0 aliphatic rings. The number of carbonyl (C=O) groups is 1. The molecule has 2 aromatic carbocycles. The van der Waals surface area contributed by atoms with Crippen LogP contribution in [0.2, 0.25) is 0 Å². The van der Waals surface area contributed by atoms with Crippen LogP contribution in [0.5, 0.6) is 5.75 Å². The Balaban J connectivity index is 1.55. The monoisotopic (exact) mass is 405 g/mol. The number of carbonyl (C=O) groups excluding carboxylic acids is 1. The molecule has 3 aromatic rings. The van der Waals surface area contributed by atoms with Crippen molar-refractivity contribution in [1.82, 2.24) is 15.5 Å². The van der Waals surface area contributed by atoms with Gasteiger partial charge in [-0.2, -0.15) is 0 Å². The minimum absolute atomic E-state index is 0.0113. The van der Waals surface area contributed by atoms with E-state index in [2.05, 4.69) is 15.5 Å². The summed E-state index contributed by atoms with van der Waals surface area (Å²) in [7, 11) is 1.58. The van der Waals surface area contributed by atoms with Gasteiger partial charge < -0.3 is 14.5 Å². The molecule has 1 unspecified atom stereocenters. The molecule has 1 aromatic heterocycles. The van der Waals surface area contributed by atoms with Gasteiger partial charge in [-0.25, -0.2) is 8.78 Å². The van der Waals surface area contributed by atoms with Crippen LogP contribution in [0.15, 0.2) is 52.1 Å². The largest absolute Gasteiger partial charge is 0.497 e. The van der Waals surface area contributed by atoms with Gasteiger partial charge in [-0.05, 0) is 37.3 Å². The Bertz CT molecular complexity index is 963. The lowest BCUT2D eigenvalue weighted by molar-refractivity contribution is -0.119. The Morgan fingerprint density at radius 2 is 1.96 bits per heavy atom. The van der Waals surface area contributed by atoms with Crippen molar-refractivity contribution in [2.24, 2.45) is 0 Å². The predicted molar refractivity (Wildman–Crippen MR) is 99.9 cm³/mol. The van der Waals surface area contributed by atoms with Gasteiger partial charge in [-0.15, -0.1) is 10.2 Å². The molecule has 6 nitrogen and oxygen atoms in total. The molecular formula is C19H17F2N3O3S. The first-order chi connectivity index (χ1) is 13.5. The first-order valence-electron chi connectivity index (χ1n) is 8.31. The van der Waals surface area contributed by atoms with Gasteiger partial charge >= 0.3 is 0 Å². The zero-order valence-electron chi connectivity index (χ0n) is 15.1. The van der Waals surface area contributed by atoms with E-state index >= 15 is 0 Å². The highest BCUT2D eigenvalue weighted by atomic mass is 32.2. The van der Waals surface area contributed by atoms with Gasteiger partial charge in [-0.1, -0.05) is 17.8 Å². The lowest BCUT2D eigenvalue weighted by Crippen LogP contribution is -2.28. The molecule has 0 aliphatic heterocycles. The van der Waals surface area contributed by atoms with Gasteiger partial charge in [0.1, 0.15) is 17.4 Å². The maximum atomic E-state index is 13.8. The topological polar surface area (TPSA) is 77.2 Å². The summed E-state index contributed by atoms with van der Waals surface area (Å²) in [5.74, 6) is -0.669. The zero-order chi connectivity index (χ0) is 20.1. The van der Waals surface area contributed by atoms with Crippen LogP contribution in [0.25, 0.3) is 11.5 Å². The minimum atomic E-state index is -0.707. The average molecular weight is 405 g/mol. The third-order valence-corrected chi connectivity index (χ3v) is 4.70.